The van der Waals surface area contributed by atoms with Crippen molar-refractivity contribution in [1.82, 2.24) is 20.1 Å². The topological polar surface area (TPSA) is 91.4 Å². The van der Waals surface area contributed by atoms with E-state index in [1.807, 2.05) is 17.9 Å². The van der Waals surface area contributed by atoms with E-state index < -0.39 is 5.97 Å². The first-order chi connectivity index (χ1) is 12.1. The molecule has 0 atom stereocenters. The van der Waals surface area contributed by atoms with Crippen LogP contribution in [0.25, 0.3) is 0 Å². The van der Waals surface area contributed by atoms with E-state index in [-0.39, 0.29) is 11.8 Å². The van der Waals surface area contributed by atoms with Gasteiger partial charge < -0.3 is 14.5 Å². The van der Waals surface area contributed by atoms with Crippen LogP contribution in [0.5, 0.6) is 5.88 Å². The highest BCUT2D eigenvalue weighted by Crippen LogP contribution is 2.19. The second-order valence-corrected chi connectivity index (χ2v) is 5.84. The molecule has 1 aliphatic rings. The summed E-state index contributed by atoms with van der Waals surface area (Å²) in [7, 11) is 0. The standard InChI is InChI=1S/C17H21N5O3/c1-3-15-14(11-19-20-15)17(24)25-16-5-4-13(10-18-16)22-8-6-21(7-9-22)12(2)23/h4-5,10-11H,3,6-9H2,1-2H3,(H,19,20). The van der Waals surface area contributed by atoms with Crippen molar-refractivity contribution in [3.05, 3.63) is 35.8 Å². The summed E-state index contributed by atoms with van der Waals surface area (Å²) in [6, 6.07) is 3.55. The summed E-state index contributed by atoms with van der Waals surface area (Å²) in [6.07, 6.45) is 3.86. The molecule has 0 spiro atoms. The number of hydrogen-bond donors (Lipinski definition) is 1. The molecule has 0 saturated carbocycles. The number of hydrogen-bond acceptors (Lipinski definition) is 6. The summed E-state index contributed by atoms with van der Waals surface area (Å²) in [5.74, 6) is -0.119. The molecule has 25 heavy (non-hydrogen) atoms. The van der Waals surface area contributed by atoms with E-state index in [1.165, 1.54) is 6.20 Å². The fourth-order valence-corrected chi connectivity index (χ4v) is 2.81. The van der Waals surface area contributed by atoms with E-state index in [9.17, 15) is 9.59 Å². The van der Waals surface area contributed by atoms with Gasteiger partial charge in [0.1, 0.15) is 5.56 Å². The highest BCUT2D eigenvalue weighted by atomic mass is 16.5. The molecule has 3 rings (SSSR count). The maximum Gasteiger partial charge on any atom is 0.348 e. The average Bonchev–Trinajstić information content (AvgIpc) is 3.11. The molecule has 1 amide bonds. The molecule has 2 aromatic rings. The number of anilines is 1. The lowest BCUT2D eigenvalue weighted by atomic mass is 10.2. The highest BCUT2D eigenvalue weighted by molar-refractivity contribution is 5.91. The van der Waals surface area contributed by atoms with Crippen molar-refractivity contribution in [2.75, 3.05) is 31.1 Å². The van der Waals surface area contributed by atoms with Crippen molar-refractivity contribution in [2.24, 2.45) is 0 Å². The first-order valence-corrected chi connectivity index (χ1v) is 8.30. The number of nitrogens with zero attached hydrogens (tertiary/aromatic N) is 4. The van der Waals surface area contributed by atoms with Crippen molar-refractivity contribution >= 4 is 17.6 Å². The Balaban J connectivity index is 1.61. The fourth-order valence-electron chi connectivity index (χ4n) is 2.81. The van der Waals surface area contributed by atoms with Crippen molar-refractivity contribution in [2.45, 2.75) is 20.3 Å². The lowest BCUT2D eigenvalue weighted by Crippen LogP contribution is -2.48. The average molecular weight is 343 g/mol. The molecule has 0 unspecified atom stereocenters. The zero-order valence-electron chi connectivity index (χ0n) is 14.4. The molecule has 1 fully saturated rings. The molecule has 2 aromatic heterocycles. The van der Waals surface area contributed by atoms with Crippen molar-refractivity contribution in [1.29, 1.82) is 0 Å². The minimum atomic E-state index is -0.471. The number of carbonyl (C=O) groups excluding carboxylic acids is 2. The van der Waals surface area contributed by atoms with Crippen LogP contribution in [0.2, 0.25) is 0 Å². The Morgan fingerprint density at radius 1 is 1.24 bits per heavy atom. The maximum absolute atomic E-state index is 12.2. The Bertz CT molecular complexity index is 748. The van der Waals surface area contributed by atoms with Gasteiger partial charge in [-0.05, 0) is 12.5 Å². The van der Waals surface area contributed by atoms with Crippen LogP contribution in [0.3, 0.4) is 0 Å². The van der Waals surface area contributed by atoms with Gasteiger partial charge in [-0.1, -0.05) is 6.92 Å². The number of aromatic amines is 1. The summed E-state index contributed by atoms with van der Waals surface area (Å²) in [6.45, 7) is 6.43. The van der Waals surface area contributed by atoms with Gasteiger partial charge in [0.25, 0.3) is 0 Å². The number of aryl methyl sites for hydroxylation is 1. The van der Waals surface area contributed by atoms with E-state index in [2.05, 4.69) is 20.1 Å². The molecule has 3 heterocycles. The van der Waals surface area contributed by atoms with Gasteiger partial charge in [-0.25, -0.2) is 9.78 Å². The van der Waals surface area contributed by atoms with Gasteiger partial charge in [0, 0.05) is 45.4 Å². The largest absolute Gasteiger partial charge is 0.404 e. The van der Waals surface area contributed by atoms with E-state index in [0.717, 1.165) is 18.8 Å². The van der Waals surface area contributed by atoms with Crippen LogP contribution in [0.15, 0.2) is 24.5 Å². The molecule has 1 saturated heterocycles. The number of rotatable bonds is 4. The molecule has 132 valence electrons. The van der Waals surface area contributed by atoms with Crippen LogP contribution in [-0.2, 0) is 11.2 Å². The van der Waals surface area contributed by atoms with Gasteiger partial charge >= 0.3 is 5.97 Å². The number of ether oxygens (including phenoxy) is 1. The van der Waals surface area contributed by atoms with E-state index in [4.69, 9.17) is 4.74 Å². The molecule has 0 radical (unpaired) electrons. The van der Waals surface area contributed by atoms with Crippen LogP contribution in [0.4, 0.5) is 5.69 Å². The van der Waals surface area contributed by atoms with E-state index in [1.54, 1.807) is 19.2 Å². The van der Waals surface area contributed by atoms with Gasteiger partial charge in [-0.2, -0.15) is 5.10 Å². The molecule has 1 aliphatic heterocycles. The zero-order valence-corrected chi connectivity index (χ0v) is 14.4. The predicted molar refractivity (Wildman–Crippen MR) is 91.6 cm³/mol. The molecule has 8 nitrogen and oxygen atoms in total. The third-order valence-electron chi connectivity index (χ3n) is 4.28. The Kier molecular flexibility index (Phi) is 4.97. The number of piperazine rings is 1. The van der Waals surface area contributed by atoms with Gasteiger partial charge in [-0.15, -0.1) is 0 Å². The maximum atomic E-state index is 12.2. The third kappa shape index (κ3) is 3.78. The zero-order chi connectivity index (χ0) is 17.8. The number of nitrogens with one attached hydrogen (secondary N) is 1. The van der Waals surface area contributed by atoms with E-state index in [0.29, 0.717) is 30.8 Å². The molecule has 0 aromatic carbocycles. The Hall–Kier alpha value is -2.90. The molecular weight excluding hydrogens is 322 g/mol. The summed E-state index contributed by atoms with van der Waals surface area (Å²) in [5.41, 5.74) is 2.04. The normalized spacial score (nSPS) is 14.5. The number of pyridine rings is 1. The molecular formula is C17H21N5O3. The van der Waals surface area contributed by atoms with E-state index >= 15 is 0 Å². The lowest BCUT2D eigenvalue weighted by molar-refractivity contribution is -0.129. The first-order valence-electron chi connectivity index (χ1n) is 8.30. The Morgan fingerprint density at radius 2 is 2.00 bits per heavy atom. The van der Waals surface area contributed by atoms with Crippen molar-refractivity contribution in [3.8, 4) is 5.88 Å². The van der Waals surface area contributed by atoms with Crippen LogP contribution in [0.1, 0.15) is 29.9 Å². The SMILES string of the molecule is CCc1n[nH]cc1C(=O)Oc1ccc(N2CCN(C(C)=O)CC2)cn1. The van der Waals surface area contributed by atoms with Crippen LogP contribution in [-0.4, -0.2) is 58.1 Å². The van der Waals surface area contributed by atoms with Crippen LogP contribution in [0, 0.1) is 0 Å². The summed E-state index contributed by atoms with van der Waals surface area (Å²) in [4.78, 5) is 31.7. The predicted octanol–water partition coefficient (Wildman–Crippen LogP) is 1.25. The quantitative estimate of drug-likeness (QED) is 0.840. The molecule has 0 bridgehead atoms. The minimum absolute atomic E-state index is 0.103. The fraction of sp³-hybridized carbons (Fsp3) is 0.412. The molecule has 0 aliphatic carbocycles. The third-order valence-corrected chi connectivity index (χ3v) is 4.28. The first kappa shape index (κ1) is 16.9. The number of esters is 1. The minimum Gasteiger partial charge on any atom is -0.404 e. The number of aromatic nitrogens is 3. The van der Waals surface area contributed by atoms with Gasteiger partial charge in [0.05, 0.1) is 17.6 Å². The second-order valence-electron chi connectivity index (χ2n) is 5.84. The molecule has 1 N–H and O–H groups in total. The van der Waals surface area contributed by atoms with Crippen molar-refractivity contribution < 1.29 is 14.3 Å². The highest BCUT2D eigenvalue weighted by Gasteiger charge is 2.20. The van der Waals surface area contributed by atoms with Gasteiger partial charge in [0.15, 0.2) is 0 Å². The number of amides is 1. The number of carbonyl (C=O) groups is 2. The monoisotopic (exact) mass is 343 g/mol. The number of H-pyrrole nitrogens is 1. The Morgan fingerprint density at radius 3 is 2.60 bits per heavy atom. The summed E-state index contributed by atoms with van der Waals surface area (Å²) >= 11 is 0. The Labute approximate surface area is 145 Å². The van der Waals surface area contributed by atoms with Gasteiger partial charge in [-0.3, -0.25) is 9.89 Å². The second kappa shape index (κ2) is 7.33. The summed E-state index contributed by atoms with van der Waals surface area (Å²) in [5, 5.41) is 6.68. The smallest absolute Gasteiger partial charge is 0.348 e. The summed E-state index contributed by atoms with van der Waals surface area (Å²) < 4.78 is 5.31. The van der Waals surface area contributed by atoms with Crippen LogP contribution < -0.4 is 9.64 Å². The molecule has 8 heteroatoms. The van der Waals surface area contributed by atoms with Crippen molar-refractivity contribution in [3.63, 3.8) is 0 Å². The lowest BCUT2D eigenvalue weighted by Gasteiger charge is -2.35. The van der Waals surface area contributed by atoms with Crippen LogP contribution >= 0.6 is 0 Å². The van der Waals surface area contributed by atoms with Gasteiger partial charge in [0.2, 0.25) is 11.8 Å².